The summed E-state index contributed by atoms with van der Waals surface area (Å²) in [5.74, 6) is -0.248. The van der Waals surface area contributed by atoms with Gasteiger partial charge in [0.2, 0.25) is 0 Å². The smallest absolute Gasteiger partial charge is 0.308 e. The van der Waals surface area contributed by atoms with Crippen LogP contribution in [0.2, 0.25) is 0 Å². The monoisotopic (exact) mass is 564 g/mol. The predicted molar refractivity (Wildman–Crippen MR) is 149 cm³/mol. The van der Waals surface area contributed by atoms with E-state index >= 15 is 0 Å². The van der Waals surface area contributed by atoms with Gasteiger partial charge in [0.15, 0.2) is 0 Å². The average molecular weight is 565 g/mol. The zero-order chi connectivity index (χ0) is 29.4. The van der Waals surface area contributed by atoms with Crippen LogP contribution in [0.25, 0.3) is 0 Å². The lowest BCUT2D eigenvalue weighted by molar-refractivity contribution is -0.210. The summed E-state index contributed by atoms with van der Waals surface area (Å²) in [6.07, 6.45) is 6.39. The number of aliphatic hydroxyl groups excluding tert-OH is 2. The molecule has 4 saturated carbocycles. The number of esters is 2. The van der Waals surface area contributed by atoms with E-state index in [0.717, 1.165) is 44.9 Å². The molecule has 4 aliphatic carbocycles. The molecule has 4 fully saturated rings. The number of carbonyl (C=O) groups excluding carboxylic acids is 2. The van der Waals surface area contributed by atoms with Crippen molar-refractivity contribution in [1.82, 2.24) is 0 Å². The van der Waals surface area contributed by atoms with E-state index in [-0.39, 0.29) is 89.7 Å². The van der Waals surface area contributed by atoms with Gasteiger partial charge in [0.1, 0.15) is 12.7 Å². The Kier molecular flexibility index (Phi) is 9.60. The third-order valence-electron chi connectivity index (χ3n) is 12.2. The van der Waals surface area contributed by atoms with Crippen molar-refractivity contribution in [3.8, 4) is 0 Å². The molecule has 40 heavy (non-hydrogen) atoms. The van der Waals surface area contributed by atoms with Crippen LogP contribution in [0.1, 0.15) is 105 Å². The van der Waals surface area contributed by atoms with E-state index in [1.54, 1.807) is 0 Å². The van der Waals surface area contributed by atoms with Gasteiger partial charge < -0.3 is 24.8 Å². The van der Waals surface area contributed by atoms with Crippen LogP contribution in [-0.2, 0) is 23.9 Å². The van der Waals surface area contributed by atoms with Crippen molar-refractivity contribution in [1.29, 1.82) is 0 Å². The molecular formula is C32H52O8. The molecule has 0 aliphatic heterocycles. The van der Waals surface area contributed by atoms with E-state index in [9.17, 15) is 24.6 Å². The molecule has 0 aromatic rings. The van der Waals surface area contributed by atoms with Crippen LogP contribution < -0.4 is 0 Å². The summed E-state index contributed by atoms with van der Waals surface area (Å²) in [7, 11) is 0. The van der Waals surface area contributed by atoms with Gasteiger partial charge in [-0.25, -0.2) is 0 Å². The lowest BCUT2D eigenvalue weighted by atomic mass is 9.43. The number of aliphatic hydroxyl groups is 2. The van der Waals surface area contributed by atoms with Gasteiger partial charge in [-0.3, -0.25) is 14.4 Å². The van der Waals surface area contributed by atoms with E-state index < -0.39 is 18.2 Å². The molecule has 0 radical (unpaired) electrons. The third-order valence-corrected chi connectivity index (χ3v) is 12.2. The molecule has 0 aromatic carbocycles. The molecule has 4 rings (SSSR count). The van der Waals surface area contributed by atoms with Crippen molar-refractivity contribution < 1.29 is 39.2 Å². The van der Waals surface area contributed by atoms with Gasteiger partial charge in [-0.1, -0.05) is 34.6 Å². The van der Waals surface area contributed by atoms with Gasteiger partial charge in [0, 0.05) is 6.42 Å². The highest BCUT2D eigenvalue weighted by molar-refractivity contribution is 5.72. The van der Waals surface area contributed by atoms with E-state index in [1.165, 1.54) is 0 Å². The summed E-state index contributed by atoms with van der Waals surface area (Å²) in [5.41, 5.74) is -0.310. The highest BCUT2D eigenvalue weighted by Gasteiger charge is 2.65. The third kappa shape index (κ3) is 5.81. The fourth-order valence-electron chi connectivity index (χ4n) is 9.54. The van der Waals surface area contributed by atoms with Crippen LogP contribution in [0.15, 0.2) is 0 Å². The summed E-state index contributed by atoms with van der Waals surface area (Å²) >= 11 is 0. The Hall–Kier alpha value is -1.67. The second-order valence-corrected chi connectivity index (χ2v) is 14.1. The molecule has 8 nitrogen and oxygen atoms in total. The number of carboxylic acids is 1. The zero-order valence-electron chi connectivity index (χ0n) is 25.1. The van der Waals surface area contributed by atoms with Crippen LogP contribution in [0.4, 0.5) is 0 Å². The Morgan fingerprint density at radius 1 is 0.975 bits per heavy atom. The highest BCUT2D eigenvalue weighted by atomic mass is 16.5. The summed E-state index contributed by atoms with van der Waals surface area (Å²) < 4.78 is 11.0. The number of aliphatic carboxylic acids is 1. The Morgan fingerprint density at radius 3 is 2.38 bits per heavy atom. The first-order valence-corrected chi connectivity index (χ1v) is 15.8. The molecule has 8 heteroatoms. The van der Waals surface area contributed by atoms with Crippen LogP contribution in [0.5, 0.6) is 0 Å². The Balaban J connectivity index is 1.42. The molecule has 228 valence electrons. The first kappa shape index (κ1) is 31.3. The largest absolute Gasteiger partial charge is 0.481 e. The highest BCUT2D eigenvalue weighted by Crippen LogP contribution is 2.68. The second kappa shape index (κ2) is 12.3. The van der Waals surface area contributed by atoms with Crippen molar-refractivity contribution in [3.63, 3.8) is 0 Å². The quantitative estimate of drug-likeness (QED) is 0.317. The molecule has 0 amide bonds. The summed E-state index contributed by atoms with van der Waals surface area (Å²) in [5, 5.41) is 32.2. The lowest BCUT2D eigenvalue weighted by Gasteiger charge is -2.63. The summed E-state index contributed by atoms with van der Waals surface area (Å²) in [6, 6.07) is 0. The van der Waals surface area contributed by atoms with Gasteiger partial charge in [-0.15, -0.1) is 0 Å². The van der Waals surface area contributed by atoms with Gasteiger partial charge in [0.05, 0.1) is 24.5 Å². The maximum absolute atomic E-state index is 12.5. The van der Waals surface area contributed by atoms with Crippen molar-refractivity contribution in [2.24, 2.45) is 52.3 Å². The first-order valence-electron chi connectivity index (χ1n) is 15.8. The van der Waals surface area contributed by atoms with Crippen LogP contribution in [0, 0.1) is 52.3 Å². The normalized spacial score (nSPS) is 42.1. The molecule has 0 spiro atoms. The van der Waals surface area contributed by atoms with Gasteiger partial charge in [-0.2, -0.15) is 0 Å². The van der Waals surface area contributed by atoms with Crippen molar-refractivity contribution in [2.75, 3.05) is 6.61 Å². The minimum Gasteiger partial charge on any atom is -0.481 e. The molecular weight excluding hydrogens is 512 g/mol. The maximum atomic E-state index is 12.5. The van der Waals surface area contributed by atoms with Crippen LogP contribution in [-0.4, -0.2) is 58.1 Å². The standard InChI is InChI=1S/C32H52O8/c1-6-18(2)30(38)40-21-11-13-31(4)20(15-21)16-25(33)29-23-9-8-22(32(23,5)26(34)17-24(29)31)19(3)7-10-28(37)39-14-12-27(35)36/h18-26,29,33-34H,6-17H2,1-5H3,(H,35,36). The van der Waals surface area contributed by atoms with Crippen molar-refractivity contribution in [3.05, 3.63) is 0 Å². The van der Waals surface area contributed by atoms with Crippen molar-refractivity contribution in [2.45, 2.75) is 124 Å². The minimum atomic E-state index is -0.987. The second-order valence-electron chi connectivity index (χ2n) is 14.1. The van der Waals surface area contributed by atoms with E-state index in [4.69, 9.17) is 14.6 Å². The molecule has 0 aromatic heterocycles. The number of ether oxygens (including phenoxy) is 2. The SMILES string of the molecule is CCC(C)C(=O)OC1CCC2(C)C(C1)CC(O)C1C2CC(O)C2(C)C(C(C)CCC(=O)OCCC(=O)O)CCC12. The van der Waals surface area contributed by atoms with Gasteiger partial charge in [0.25, 0.3) is 0 Å². The maximum Gasteiger partial charge on any atom is 0.308 e. The number of carbonyl (C=O) groups is 3. The summed E-state index contributed by atoms with van der Waals surface area (Å²) in [6.45, 7) is 10.5. The molecule has 0 saturated heterocycles. The van der Waals surface area contributed by atoms with Gasteiger partial charge >= 0.3 is 17.9 Å². The molecule has 12 unspecified atom stereocenters. The Bertz CT molecular complexity index is 936. The molecule has 3 N–H and O–H groups in total. The van der Waals surface area contributed by atoms with E-state index in [0.29, 0.717) is 12.8 Å². The Morgan fingerprint density at radius 2 is 1.70 bits per heavy atom. The Labute approximate surface area is 239 Å². The number of rotatable bonds is 10. The number of hydrogen-bond acceptors (Lipinski definition) is 7. The summed E-state index contributed by atoms with van der Waals surface area (Å²) in [4.78, 5) is 35.3. The fourth-order valence-corrected chi connectivity index (χ4v) is 9.54. The average Bonchev–Trinajstić information content (AvgIpc) is 3.26. The zero-order valence-corrected chi connectivity index (χ0v) is 25.1. The number of hydrogen-bond donors (Lipinski definition) is 3. The van der Waals surface area contributed by atoms with E-state index in [1.807, 2.05) is 13.8 Å². The van der Waals surface area contributed by atoms with Crippen molar-refractivity contribution >= 4 is 17.9 Å². The minimum absolute atomic E-state index is 0.00883. The fraction of sp³-hybridized carbons (Fsp3) is 0.906. The topological polar surface area (TPSA) is 130 Å². The predicted octanol–water partition coefficient (Wildman–Crippen LogP) is 4.98. The molecule has 12 atom stereocenters. The first-order chi connectivity index (χ1) is 18.8. The van der Waals surface area contributed by atoms with E-state index in [2.05, 4.69) is 20.8 Å². The van der Waals surface area contributed by atoms with Crippen LogP contribution >= 0.6 is 0 Å². The van der Waals surface area contributed by atoms with Crippen LogP contribution in [0.3, 0.4) is 0 Å². The molecule has 0 heterocycles. The lowest BCUT2D eigenvalue weighted by Crippen LogP contribution is -2.62. The molecule has 0 bridgehead atoms. The molecule has 4 aliphatic rings. The number of carboxylic acid groups (broad SMARTS) is 1. The number of fused-ring (bicyclic) bond motifs is 5. The van der Waals surface area contributed by atoms with Gasteiger partial charge in [-0.05, 0) is 104 Å².